The van der Waals surface area contributed by atoms with Crippen LogP contribution in [0.25, 0.3) is 0 Å². The van der Waals surface area contributed by atoms with E-state index in [1.54, 1.807) is 0 Å². The third-order valence-electron chi connectivity index (χ3n) is 4.08. The van der Waals surface area contributed by atoms with Crippen LogP contribution in [0.1, 0.15) is 79.6 Å². The molecule has 0 saturated heterocycles. The molecular formula is C16H36N2. The molecule has 0 amide bonds. The minimum Gasteiger partial charge on any atom is -0.329 e. The highest BCUT2D eigenvalue weighted by molar-refractivity contribution is 4.89. The van der Waals surface area contributed by atoms with E-state index in [1.165, 1.54) is 51.5 Å². The van der Waals surface area contributed by atoms with Crippen LogP contribution in [0.15, 0.2) is 0 Å². The Labute approximate surface area is 115 Å². The van der Waals surface area contributed by atoms with E-state index in [-0.39, 0.29) is 5.54 Å². The summed E-state index contributed by atoms with van der Waals surface area (Å²) in [5, 5.41) is 0. The van der Waals surface area contributed by atoms with Crippen molar-refractivity contribution in [3.8, 4) is 0 Å². The smallest absolute Gasteiger partial charge is 0.0306 e. The zero-order chi connectivity index (χ0) is 14.0. The number of hydrogen-bond donors (Lipinski definition) is 1. The second kappa shape index (κ2) is 9.80. The molecule has 0 aliphatic carbocycles. The number of hydrogen-bond acceptors (Lipinski definition) is 2. The van der Waals surface area contributed by atoms with Crippen molar-refractivity contribution >= 4 is 0 Å². The minimum atomic E-state index is 0.192. The normalized spacial score (nSPS) is 15.3. The van der Waals surface area contributed by atoms with E-state index < -0.39 is 0 Å². The average Bonchev–Trinajstić information content (AvgIpc) is 2.34. The van der Waals surface area contributed by atoms with Crippen molar-refractivity contribution in [3.63, 3.8) is 0 Å². The summed E-state index contributed by atoms with van der Waals surface area (Å²) in [5.41, 5.74) is 6.28. The third-order valence-corrected chi connectivity index (χ3v) is 4.08. The molecule has 2 N–H and O–H groups in total. The number of rotatable bonds is 11. The molecule has 0 aliphatic rings. The van der Waals surface area contributed by atoms with Gasteiger partial charge >= 0.3 is 0 Å². The maximum absolute atomic E-state index is 6.09. The molecule has 18 heavy (non-hydrogen) atoms. The first kappa shape index (κ1) is 17.9. The molecular weight excluding hydrogens is 220 g/mol. The fourth-order valence-electron chi connectivity index (χ4n) is 2.80. The summed E-state index contributed by atoms with van der Waals surface area (Å²) in [6.45, 7) is 13.5. The summed E-state index contributed by atoms with van der Waals surface area (Å²) in [7, 11) is 0. The van der Waals surface area contributed by atoms with Gasteiger partial charge in [-0.25, -0.2) is 0 Å². The number of unbranched alkanes of at least 4 members (excludes halogenated alkanes) is 4. The maximum Gasteiger partial charge on any atom is 0.0306 e. The first-order chi connectivity index (χ1) is 8.51. The maximum atomic E-state index is 6.09. The van der Waals surface area contributed by atoms with Crippen molar-refractivity contribution in [1.82, 2.24) is 4.90 Å². The number of nitrogens with two attached hydrogens (primary N) is 1. The van der Waals surface area contributed by atoms with Crippen molar-refractivity contribution in [3.05, 3.63) is 0 Å². The second-order valence-electron chi connectivity index (χ2n) is 6.15. The molecule has 0 fully saturated rings. The lowest BCUT2D eigenvalue weighted by atomic mass is 9.90. The van der Waals surface area contributed by atoms with Gasteiger partial charge in [-0.3, -0.25) is 4.90 Å². The molecule has 0 radical (unpaired) electrons. The van der Waals surface area contributed by atoms with Crippen LogP contribution in [0.3, 0.4) is 0 Å². The van der Waals surface area contributed by atoms with Crippen LogP contribution in [0.5, 0.6) is 0 Å². The Morgan fingerprint density at radius 3 is 2.00 bits per heavy atom. The summed E-state index contributed by atoms with van der Waals surface area (Å²) < 4.78 is 0. The summed E-state index contributed by atoms with van der Waals surface area (Å²) in [4.78, 5) is 2.64. The predicted molar refractivity (Wildman–Crippen MR) is 83.0 cm³/mol. The van der Waals surface area contributed by atoms with E-state index in [0.29, 0.717) is 6.04 Å². The summed E-state index contributed by atoms with van der Waals surface area (Å²) in [6.07, 6.45) is 9.09. The lowest BCUT2D eigenvalue weighted by Gasteiger charge is -2.44. The molecule has 110 valence electrons. The van der Waals surface area contributed by atoms with E-state index in [9.17, 15) is 0 Å². The molecule has 0 saturated carbocycles. The molecule has 2 nitrogen and oxygen atoms in total. The Balaban J connectivity index is 4.47. The quantitative estimate of drug-likeness (QED) is 0.562. The zero-order valence-electron chi connectivity index (χ0n) is 13.5. The summed E-state index contributed by atoms with van der Waals surface area (Å²) in [5.74, 6) is 0. The van der Waals surface area contributed by atoms with Gasteiger partial charge in [0, 0.05) is 18.1 Å². The molecule has 2 heteroatoms. The largest absolute Gasteiger partial charge is 0.329 e. The fourth-order valence-corrected chi connectivity index (χ4v) is 2.80. The van der Waals surface area contributed by atoms with Gasteiger partial charge in [-0.2, -0.15) is 0 Å². The molecule has 0 heterocycles. The van der Waals surface area contributed by atoms with Gasteiger partial charge in [-0.05, 0) is 40.2 Å². The van der Waals surface area contributed by atoms with E-state index in [4.69, 9.17) is 5.73 Å². The van der Waals surface area contributed by atoms with Gasteiger partial charge in [0.15, 0.2) is 0 Å². The van der Waals surface area contributed by atoms with Gasteiger partial charge in [0.1, 0.15) is 0 Å². The Hall–Kier alpha value is -0.0800. The van der Waals surface area contributed by atoms with Crippen molar-refractivity contribution < 1.29 is 0 Å². The Kier molecular flexibility index (Phi) is 9.76. The molecule has 0 aromatic carbocycles. The van der Waals surface area contributed by atoms with Crippen molar-refractivity contribution in [2.24, 2.45) is 5.73 Å². The first-order valence-electron chi connectivity index (χ1n) is 7.98. The molecule has 1 atom stereocenters. The zero-order valence-corrected chi connectivity index (χ0v) is 13.5. The van der Waals surface area contributed by atoms with E-state index in [0.717, 1.165) is 6.54 Å². The highest BCUT2D eigenvalue weighted by Crippen LogP contribution is 2.24. The molecule has 0 rings (SSSR count). The van der Waals surface area contributed by atoms with E-state index >= 15 is 0 Å². The first-order valence-corrected chi connectivity index (χ1v) is 7.98. The average molecular weight is 256 g/mol. The fraction of sp³-hybridized carbons (Fsp3) is 1.00. The lowest BCUT2D eigenvalue weighted by molar-refractivity contribution is 0.0642. The summed E-state index contributed by atoms with van der Waals surface area (Å²) in [6, 6.07) is 0.594. The second-order valence-corrected chi connectivity index (χ2v) is 6.15. The van der Waals surface area contributed by atoms with Gasteiger partial charge in [0.05, 0.1) is 0 Å². The molecule has 0 aromatic rings. The molecule has 0 aliphatic heterocycles. The molecule has 0 spiro atoms. The highest BCUT2D eigenvalue weighted by Gasteiger charge is 2.31. The van der Waals surface area contributed by atoms with Crippen LogP contribution in [0.4, 0.5) is 0 Å². The third kappa shape index (κ3) is 6.19. The summed E-state index contributed by atoms with van der Waals surface area (Å²) >= 11 is 0. The molecule has 0 aromatic heterocycles. The van der Waals surface area contributed by atoms with E-state index in [1.807, 2.05) is 0 Å². The van der Waals surface area contributed by atoms with Crippen LogP contribution in [-0.4, -0.2) is 29.6 Å². The van der Waals surface area contributed by atoms with Crippen molar-refractivity contribution in [2.45, 2.75) is 91.1 Å². The minimum absolute atomic E-state index is 0.192. The van der Waals surface area contributed by atoms with Crippen LogP contribution in [0, 0.1) is 0 Å². The Bertz CT molecular complexity index is 192. The Morgan fingerprint density at radius 1 is 1.00 bits per heavy atom. The monoisotopic (exact) mass is 256 g/mol. The van der Waals surface area contributed by atoms with Crippen molar-refractivity contribution in [2.75, 3.05) is 13.1 Å². The van der Waals surface area contributed by atoms with Gasteiger partial charge < -0.3 is 5.73 Å². The lowest BCUT2D eigenvalue weighted by Crippen LogP contribution is -2.54. The SMILES string of the molecule is CCCCCN(C(C)C)C(C)(CN)CCCCC. The van der Waals surface area contributed by atoms with Gasteiger partial charge in [0.25, 0.3) is 0 Å². The number of nitrogens with zero attached hydrogens (tertiary/aromatic N) is 1. The predicted octanol–water partition coefficient (Wildman–Crippen LogP) is 4.18. The Morgan fingerprint density at radius 2 is 1.56 bits per heavy atom. The van der Waals surface area contributed by atoms with E-state index in [2.05, 4.69) is 39.5 Å². The highest BCUT2D eigenvalue weighted by atomic mass is 15.2. The van der Waals surface area contributed by atoms with Gasteiger partial charge in [0.2, 0.25) is 0 Å². The molecule has 1 unspecified atom stereocenters. The van der Waals surface area contributed by atoms with Crippen LogP contribution in [0.2, 0.25) is 0 Å². The van der Waals surface area contributed by atoms with Crippen molar-refractivity contribution in [1.29, 1.82) is 0 Å². The van der Waals surface area contributed by atoms with Crippen LogP contribution < -0.4 is 5.73 Å². The van der Waals surface area contributed by atoms with Gasteiger partial charge in [-0.1, -0.05) is 46.0 Å². The van der Waals surface area contributed by atoms with Crippen LogP contribution >= 0.6 is 0 Å². The standard InChI is InChI=1S/C16H36N2/c1-6-8-10-12-16(5,14-17)18(15(3)4)13-11-9-7-2/h15H,6-14,17H2,1-5H3. The molecule has 0 bridgehead atoms. The van der Waals surface area contributed by atoms with Crippen LogP contribution in [-0.2, 0) is 0 Å². The van der Waals surface area contributed by atoms with Gasteiger partial charge in [-0.15, -0.1) is 0 Å². The topological polar surface area (TPSA) is 29.3 Å².